The summed E-state index contributed by atoms with van der Waals surface area (Å²) >= 11 is 0. The number of rotatable bonds is 4. The Labute approximate surface area is 119 Å². The number of ether oxygens (including phenoxy) is 1. The van der Waals surface area contributed by atoms with Crippen LogP contribution in [0.4, 0.5) is 0 Å². The van der Waals surface area contributed by atoms with Gasteiger partial charge in [0.2, 0.25) is 0 Å². The molecule has 2 heteroatoms. The third kappa shape index (κ3) is 2.42. The zero-order valence-electron chi connectivity index (χ0n) is 11.9. The van der Waals surface area contributed by atoms with E-state index in [1.54, 1.807) is 0 Å². The largest absolute Gasteiger partial charge is 0.494 e. The van der Waals surface area contributed by atoms with Crippen molar-refractivity contribution in [3.05, 3.63) is 54.1 Å². The van der Waals surface area contributed by atoms with Gasteiger partial charge in [-0.25, -0.2) is 0 Å². The Morgan fingerprint density at radius 1 is 0.950 bits per heavy atom. The highest BCUT2D eigenvalue weighted by Gasteiger charge is 2.04. The molecule has 0 aliphatic heterocycles. The fourth-order valence-corrected chi connectivity index (χ4v) is 2.44. The summed E-state index contributed by atoms with van der Waals surface area (Å²) in [6, 6.07) is 17.1. The first kappa shape index (κ1) is 12.8. The second kappa shape index (κ2) is 5.41. The van der Waals surface area contributed by atoms with Gasteiger partial charge < -0.3 is 9.72 Å². The molecule has 102 valence electrons. The molecule has 3 rings (SSSR count). The van der Waals surface area contributed by atoms with E-state index in [-0.39, 0.29) is 0 Å². The van der Waals surface area contributed by atoms with Crippen molar-refractivity contribution in [3.8, 4) is 17.0 Å². The number of hydrogen-bond acceptors (Lipinski definition) is 1. The lowest BCUT2D eigenvalue weighted by atomic mass is 10.1. The molecule has 0 spiro atoms. The van der Waals surface area contributed by atoms with E-state index >= 15 is 0 Å². The molecular weight excluding hydrogens is 246 g/mol. The van der Waals surface area contributed by atoms with Crippen LogP contribution in [-0.2, 0) is 6.42 Å². The Morgan fingerprint density at radius 2 is 1.75 bits per heavy atom. The monoisotopic (exact) mass is 265 g/mol. The number of aryl methyl sites for hydroxylation is 1. The van der Waals surface area contributed by atoms with Crippen molar-refractivity contribution >= 4 is 10.9 Å². The molecule has 0 amide bonds. The van der Waals surface area contributed by atoms with Gasteiger partial charge in [0.25, 0.3) is 0 Å². The molecule has 0 unspecified atom stereocenters. The van der Waals surface area contributed by atoms with E-state index < -0.39 is 0 Å². The second-order valence-electron chi connectivity index (χ2n) is 4.92. The van der Waals surface area contributed by atoms with Crippen molar-refractivity contribution in [1.29, 1.82) is 0 Å². The summed E-state index contributed by atoms with van der Waals surface area (Å²) in [5, 5.41) is 1.19. The van der Waals surface area contributed by atoms with Crippen LogP contribution in [0.5, 0.6) is 5.75 Å². The fourth-order valence-electron chi connectivity index (χ4n) is 2.44. The maximum Gasteiger partial charge on any atom is 0.120 e. The Balaban J connectivity index is 1.98. The minimum absolute atomic E-state index is 0.696. The summed E-state index contributed by atoms with van der Waals surface area (Å²) in [6.07, 6.45) is 1.07. The molecule has 1 N–H and O–H groups in total. The minimum Gasteiger partial charge on any atom is -0.494 e. The third-order valence-corrected chi connectivity index (χ3v) is 3.58. The molecular formula is C18H19NO. The summed E-state index contributed by atoms with van der Waals surface area (Å²) in [7, 11) is 0. The van der Waals surface area contributed by atoms with E-state index in [4.69, 9.17) is 4.74 Å². The molecule has 0 aliphatic carbocycles. The molecule has 0 fully saturated rings. The first-order valence-electron chi connectivity index (χ1n) is 7.15. The van der Waals surface area contributed by atoms with Gasteiger partial charge in [0, 0.05) is 16.6 Å². The standard InChI is InChI=1S/C18H19NO/c1-3-13-5-7-14(8-6-13)18-12-15-11-16(20-4-2)9-10-17(15)19-18/h5-12,19H,3-4H2,1-2H3. The molecule has 0 saturated heterocycles. The van der Waals surface area contributed by atoms with E-state index in [9.17, 15) is 0 Å². The van der Waals surface area contributed by atoms with Crippen molar-refractivity contribution in [3.63, 3.8) is 0 Å². The fraction of sp³-hybridized carbons (Fsp3) is 0.222. The van der Waals surface area contributed by atoms with Crippen LogP contribution < -0.4 is 4.74 Å². The highest BCUT2D eigenvalue weighted by molar-refractivity contribution is 5.87. The van der Waals surface area contributed by atoms with Crippen LogP contribution in [0.1, 0.15) is 19.4 Å². The maximum atomic E-state index is 5.55. The van der Waals surface area contributed by atoms with Crippen molar-refractivity contribution in [2.45, 2.75) is 20.3 Å². The normalized spacial score (nSPS) is 10.9. The van der Waals surface area contributed by atoms with E-state index in [2.05, 4.69) is 54.4 Å². The Morgan fingerprint density at radius 3 is 2.45 bits per heavy atom. The van der Waals surface area contributed by atoms with Crippen molar-refractivity contribution < 1.29 is 4.74 Å². The summed E-state index contributed by atoms with van der Waals surface area (Å²) in [4.78, 5) is 3.46. The number of hydrogen-bond donors (Lipinski definition) is 1. The lowest BCUT2D eigenvalue weighted by Gasteiger charge is -2.01. The van der Waals surface area contributed by atoms with Crippen LogP contribution in [0, 0.1) is 0 Å². The molecule has 0 radical (unpaired) electrons. The van der Waals surface area contributed by atoms with E-state index in [1.807, 2.05) is 13.0 Å². The van der Waals surface area contributed by atoms with Crippen LogP contribution in [0.3, 0.4) is 0 Å². The van der Waals surface area contributed by atoms with Gasteiger partial charge >= 0.3 is 0 Å². The van der Waals surface area contributed by atoms with Gasteiger partial charge in [-0.15, -0.1) is 0 Å². The number of nitrogens with one attached hydrogen (secondary N) is 1. The number of fused-ring (bicyclic) bond motifs is 1. The summed E-state index contributed by atoms with van der Waals surface area (Å²) in [6.45, 7) is 4.87. The summed E-state index contributed by atoms with van der Waals surface area (Å²) < 4.78 is 5.55. The van der Waals surface area contributed by atoms with Crippen LogP contribution in [0.25, 0.3) is 22.2 Å². The Bertz CT molecular complexity index is 710. The Hall–Kier alpha value is -2.22. The van der Waals surface area contributed by atoms with E-state index in [0.29, 0.717) is 6.61 Å². The van der Waals surface area contributed by atoms with Gasteiger partial charge in [-0.1, -0.05) is 31.2 Å². The highest BCUT2D eigenvalue weighted by Crippen LogP contribution is 2.27. The van der Waals surface area contributed by atoms with Gasteiger partial charge in [-0.05, 0) is 48.7 Å². The molecule has 1 heterocycles. The minimum atomic E-state index is 0.696. The lowest BCUT2D eigenvalue weighted by Crippen LogP contribution is -1.90. The highest BCUT2D eigenvalue weighted by atomic mass is 16.5. The number of benzene rings is 2. The molecule has 2 nitrogen and oxygen atoms in total. The van der Waals surface area contributed by atoms with Gasteiger partial charge in [0.1, 0.15) is 5.75 Å². The quantitative estimate of drug-likeness (QED) is 0.720. The zero-order valence-corrected chi connectivity index (χ0v) is 11.9. The van der Waals surface area contributed by atoms with Gasteiger partial charge in [0.15, 0.2) is 0 Å². The van der Waals surface area contributed by atoms with Crippen LogP contribution in [0.2, 0.25) is 0 Å². The topological polar surface area (TPSA) is 25.0 Å². The summed E-state index contributed by atoms with van der Waals surface area (Å²) in [5.74, 6) is 0.923. The molecule has 0 saturated carbocycles. The number of aromatic amines is 1. The third-order valence-electron chi connectivity index (χ3n) is 3.58. The van der Waals surface area contributed by atoms with Crippen LogP contribution >= 0.6 is 0 Å². The first-order chi connectivity index (χ1) is 9.80. The lowest BCUT2D eigenvalue weighted by molar-refractivity contribution is 0.341. The predicted molar refractivity (Wildman–Crippen MR) is 84.3 cm³/mol. The molecule has 0 atom stereocenters. The average Bonchev–Trinajstić information content (AvgIpc) is 2.91. The molecule has 2 aromatic carbocycles. The Kier molecular flexibility index (Phi) is 3.46. The predicted octanol–water partition coefficient (Wildman–Crippen LogP) is 4.80. The summed E-state index contributed by atoms with van der Waals surface area (Å²) in [5.41, 5.74) is 4.87. The smallest absolute Gasteiger partial charge is 0.120 e. The first-order valence-corrected chi connectivity index (χ1v) is 7.15. The van der Waals surface area contributed by atoms with Crippen LogP contribution in [0.15, 0.2) is 48.5 Å². The van der Waals surface area contributed by atoms with Crippen molar-refractivity contribution in [2.24, 2.45) is 0 Å². The molecule has 1 aromatic heterocycles. The van der Waals surface area contributed by atoms with Gasteiger partial charge in [-0.3, -0.25) is 0 Å². The number of H-pyrrole nitrogens is 1. The van der Waals surface area contributed by atoms with Crippen molar-refractivity contribution in [2.75, 3.05) is 6.61 Å². The van der Waals surface area contributed by atoms with Crippen LogP contribution in [-0.4, -0.2) is 11.6 Å². The second-order valence-corrected chi connectivity index (χ2v) is 4.92. The molecule has 0 bridgehead atoms. The molecule has 0 aliphatic rings. The van der Waals surface area contributed by atoms with E-state index in [0.717, 1.165) is 23.4 Å². The van der Waals surface area contributed by atoms with Gasteiger partial charge in [-0.2, -0.15) is 0 Å². The van der Waals surface area contributed by atoms with E-state index in [1.165, 1.54) is 16.5 Å². The maximum absolute atomic E-state index is 5.55. The zero-order chi connectivity index (χ0) is 13.9. The molecule has 3 aromatic rings. The van der Waals surface area contributed by atoms with Crippen molar-refractivity contribution in [1.82, 2.24) is 4.98 Å². The number of aromatic nitrogens is 1. The molecule has 20 heavy (non-hydrogen) atoms. The average molecular weight is 265 g/mol. The van der Waals surface area contributed by atoms with Gasteiger partial charge in [0.05, 0.1) is 6.61 Å². The SMILES string of the molecule is CCOc1ccc2[nH]c(-c3ccc(CC)cc3)cc2c1.